The number of carbonyl (C=O) groups excluding carboxylic acids is 3. The number of rotatable bonds is 12. The van der Waals surface area contributed by atoms with Crippen LogP contribution in [-0.4, -0.2) is 39.1 Å². The van der Waals surface area contributed by atoms with Gasteiger partial charge in [-0.2, -0.15) is 0 Å². The van der Waals surface area contributed by atoms with Gasteiger partial charge in [0.25, 0.3) is 0 Å². The highest BCUT2D eigenvalue weighted by atomic mass is 32.2. The Morgan fingerprint density at radius 3 is 2.30 bits per heavy atom. The molecule has 0 spiro atoms. The van der Waals surface area contributed by atoms with Gasteiger partial charge in [0.15, 0.2) is 11.6 Å². The number of carbonyl (C=O) groups is 3. The van der Waals surface area contributed by atoms with Crippen molar-refractivity contribution >= 4 is 44.5 Å². The molecule has 7 nitrogen and oxygen atoms in total. The van der Waals surface area contributed by atoms with Gasteiger partial charge in [0.05, 0.1) is 17.5 Å². The Hall–Kier alpha value is -4.04. The van der Waals surface area contributed by atoms with Crippen molar-refractivity contribution in [3.8, 4) is 22.5 Å². The first-order chi connectivity index (χ1) is 20.3. The molecule has 1 aliphatic carbocycles. The third-order valence-electron chi connectivity index (χ3n) is 7.94. The first-order valence-corrected chi connectivity index (χ1v) is 16.4. The summed E-state index contributed by atoms with van der Waals surface area (Å²) in [7, 11) is -3.69. The molecule has 1 heterocycles. The second-order valence-corrected chi connectivity index (χ2v) is 14.2. The Bertz CT molecular complexity index is 1830. The Labute approximate surface area is 252 Å². The van der Waals surface area contributed by atoms with Crippen LogP contribution in [-0.2, 0) is 14.8 Å². The van der Waals surface area contributed by atoms with Crippen LogP contribution in [0.2, 0.25) is 0 Å². The molecule has 0 bridgehead atoms. The predicted molar refractivity (Wildman–Crippen MR) is 170 cm³/mol. The quantitative estimate of drug-likeness (QED) is 0.122. The average molecular weight is 600 g/mol. The van der Waals surface area contributed by atoms with Gasteiger partial charge in [0, 0.05) is 52.9 Å². The number of benzene rings is 3. The van der Waals surface area contributed by atoms with E-state index in [1.165, 1.54) is 10.6 Å². The monoisotopic (exact) mass is 599 g/mol. The smallest absolute Gasteiger partial charge is 0.232 e. The van der Waals surface area contributed by atoms with E-state index in [4.69, 9.17) is 4.42 Å². The largest absolute Gasteiger partial charge is 0.455 e. The minimum Gasteiger partial charge on any atom is -0.455 e. The van der Waals surface area contributed by atoms with E-state index in [0.717, 1.165) is 30.3 Å². The van der Waals surface area contributed by atoms with Crippen molar-refractivity contribution in [2.45, 2.75) is 53.4 Å². The third kappa shape index (κ3) is 6.49. The van der Waals surface area contributed by atoms with Crippen molar-refractivity contribution < 1.29 is 27.2 Å². The summed E-state index contributed by atoms with van der Waals surface area (Å²) in [6.07, 6.45) is 4.18. The van der Waals surface area contributed by atoms with Gasteiger partial charge < -0.3 is 9.21 Å². The minimum absolute atomic E-state index is 0.0414. The standard InChI is InChI=1S/C35H37NO6S/c1-6-30(38)33-28-17-27(25-8-7-9-26(16-25)31(39)19-35(3,4)21-37)29(36(43(5,40)41)20-23-12-13-23)18-32(28)42-34(33)24-14-10-22(2)11-15-24/h7-11,14-18,21,23H,6,12-13,19-20H2,1-5H3. The van der Waals surface area contributed by atoms with E-state index in [-0.39, 0.29) is 30.3 Å². The number of nitrogens with zero attached hydrogens (tertiary/aromatic N) is 1. The molecule has 1 saturated carbocycles. The Morgan fingerprint density at radius 1 is 1.00 bits per heavy atom. The molecule has 0 aliphatic heterocycles. The number of hydrogen-bond donors (Lipinski definition) is 0. The van der Waals surface area contributed by atoms with Gasteiger partial charge in [0.1, 0.15) is 17.6 Å². The summed E-state index contributed by atoms with van der Waals surface area (Å²) in [6.45, 7) is 7.54. The fourth-order valence-corrected chi connectivity index (χ4v) is 6.29. The molecule has 5 rings (SSSR count). The highest BCUT2D eigenvalue weighted by Gasteiger charge is 2.32. The van der Waals surface area contributed by atoms with Crippen LogP contribution in [0.3, 0.4) is 0 Å². The number of hydrogen-bond acceptors (Lipinski definition) is 6. The van der Waals surface area contributed by atoms with E-state index in [1.807, 2.05) is 43.3 Å². The van der Waals surface area contributed by atoms with Gasteiger partial charge in [-0.1, -0.05) is 68.8 Å². The minimum atomic E-state index is -3.69. The van der Waals surface area contributed by atoms with Crippen LogP contribution < -0.4 is 4.31 Å². The van der Waals surface area contributed by atoms with Crippen LogP contribution in [0.15, 0.2) is 65.1 Å². The number of sulfonamides is 1. The van der Waals surface area contributed by atoms with Crippen LogP contribution in [0, 0.1) is 18.3 Å². The molecule has 43 heavy (non-hydrogen) atoms. The Kier molecular flexibility index (Phi) is 8.18. The number of aldehydes is 1. The van der Waals surface area contributed by atoms with Crippen LogP contribution in [0.25, 0.3) is 33.4 Å². The van der Waals surface area contributed by atoms with Gasteiger partial charge in [-0.3, -0.25) is 13.9 Å². The third-order valence-corrected chi connectivity index (χ3v) is 9.09. The van der Waals surface area contributed by atoms with E-state index in [0.29, 0.717) is 51.2 Å². The summed E-state index contributed by atoms with van der Waals surface area (Å²) in [5, 5.41) is 0.583. The SMILES string of the molecule is CCC(=O)c1c(-c2ccc(C)cc2)oc2cc(N(CC3CC3)S(C)(=O)=O)c(-c3cccc(C(=O)CC(C)(C)C=O)c3)cc12. The summed E-state index contributed by atoms with van der Waals surface area (Å²) in [4.78, 5) is 38.1. The molecule has 3 aromatic carbocycles. The molecule has 0 saturated heterocycles. The van der Waals surface area contributed by atoms with Crippen molar-refractivity contribution in [3.05, 3.63) is 77.4 Å². The highest BCUT2D eigenvalue weighted by Crippen LogP contribution is 2.43. The van der Waals surface area contributed by atoms with Crippen LogP contribution >= 0.6 is 0 Å². The summed E-state index contributed by atoms with van der Waals surface area (Å²) < 4.78 is 34.2. The molecular weight excluding hydrogens is 562 g/mol. The topological polar surface area (TPSA) is 102 Å². The molecule has 224 valence electrons. The molecule has 0 N–H and O–H groups in total. The van der Waals surface area contributed by atoms with Gasteiger partial charge in [-0.25, -0.2) is 8.42 Å². The maximum Gasteiger partial charge on any atom is 0.232 e. The van der Waals surface area contributed by atoms with E-state index < -0.39 is 15.4 Å². The van der Waals surface area contributed by atoms with Gasteiger partial charge in [-0.05, 0) is 43.4 Å². The van der Waals surface area contributed by atoms with Crippen molar-refractivity contribution in [2.75, 3.05) is 17.1 Å². The molecular formula is C35H37NO6S. The van der Waals surface area contributed by atoms with E-state index in [1.54, 1.807) is 45.0 Å². The molecule has 4 aromatic rings. The lowest BCUT2D eigenvalue weighted by molar-refractivity contribution is -0.114. The molecule has 1 aromatic heterocycles. The molecule has 0 amide bonds. The maximum absolute atomic E-state index is 13.4. The number of aryl methyl sites for hydroxylation is 1. The molecule has 8 heteroatoms. The van der Waals surface area contributed by atoms with Crippen molar-refractivity contribution in [1.82, 2.24) is 0 Å². The maximum atomic E-state index is 13.4. The zero-order valence-electron chi connectivity index (χ0n) is 25.3. The number of anilines is 1. The zero-order chi connectivity index (χ0) is 31.1. The van der Waals surface area contributed by atoms with Crippen molar-refractivity contribution in [1.29, 1.82) is 0 Å². The Balaban J connectivity index is 1.77. The first-order valence-electron chi connectivity index (χ1n) is 14.6. The highest BCUT2D eigenvalue weighted by molar-refractivity contribution is 7.92. The van der Waals surface area contributed by atoms with E-state index in [9.17, 15) is 22.8 Å². The van der Waals surface area contributed by atoms with Crippen LogP contribution in [0.1, 0.15) is 72.7 Å². The summed E-state index contributed by atoms with van der Waals surface area (Å²) >= 11 is 0. The zero-order valence-corrected chi connectivity index (χ0v) is 26.1. The second kappa shape index (κ2) is 11.6. The molecule has 1 aliphatic rings. The van der Waals surface area contributed by atoms with E-state index >= 15 is 0 Å². The van der Waals surface area contributed by atoms with Crippen LogP contribution in [0.4, 0.5) is 5.69 Å². The molecule has 0 atom stereocenters. The second-order valence-electron chi connectivity index (χ2n) is 12.3. The normalized spacial score (nSPS) is 13.7. The number of furan rings is 1. The number of ketones is 2. The van der Waals surface area contributed by atoms with Crippen LogP contribution in [0.5, 0.6) is 0 Å². The van der Waals surface area contributed by atoms with Gasteiger partial charge >= 0.3 is 0 Å². The lowest BCUT2D eigenvalue weighted by Gasteiger charge is -2.25. The number of Topliss-reactive ketones (excluding diaryl/α,β-unsaturated/α-hetero) is 2. The van der Waals surface area contributed by atoms with Gasteiger partial charge in [-0.15, -0.1) is 0 Å². The van der Waals surface area contributed by atoms with E-state index in [2.05, 4.69) is 0 Å². The summed E-state index contributed by atoms with van der Waals surface area (Å²) in [6, 6.07) is 18.3. The number of fused-ring (bicyclic) bond motifs is 1. The first kappa shape index (κ1) is 30.4. The van der Waals surface area contributed by atoms with Crippen molar-refractivity contribution in [2.24, 2.45) is 11.3 Å². The predicted octanol–water partition coefficient (Wildman–Crippen LogP) is 7.64. The van der Waals surface area contributed by atoms with Crippen molar-refractivity contribution in [3.63, 3.8) is 0 Å². The Morgan fingerprint density at radius 2 is 1.70 bits per heavy atom. The fourth-order valence-electron chi connectivity index (χ4n) is 5.30. The average Bonchev–Trinajstić information content (AvgIpc) is 3.72. The lowest BCUT2D eigenvalue weighted by Crippen LogP contribution is -2.32. The molecule has 1 fully saturated rings. The summed E-state index contributed by atoms with van der Waals surface area (Å²) in [5.41, 5.74) is 3.93. The fraction of sp³-hybridized carbons (Fsp3) is 0.343. The summed E-state index contributed by atoms with van der Waals surface area (Å²) in [5.74, 6) is 0.420. The molecule has 0 unspecified atom stereocenters. The van der Waals surface area contributed by atoms with Gasteiger partial charge in [0.2, 0.25) is 10.0 Å². The lowest BCUT2D eigenvalue weighted by atomic mass is 9.86. The molecule has 0 radical (unpaired) electrons.